The molecule has 1 heterocycles. The van der Waals surface area contributed by atoms with E-state index in [1.54, 1.807) is 12.4 Å². The fourth-order valence-electron chi connectivity index (χ4n) is 2.03. The summed E-state index contributed by atoms with van der Waals surface area (Å²) < 4.78 is 6.58. The summed E-state index contributed by atoms with van der Waals surface area (Å²) in [6, 6.07) is 7.34. The van der Waals surface area contributed by atoms with Gasteiger partial charge in [-0.3, -0.25) is 10.8 Å². The first-order chi connectivity index (χ1) is 10.0. The molecule has 0 saturated heterocycles. The normalized spacial score (nSPS) is 12.5. The summed E-state index contributed by atoms with van der Waals surface area (Å²) in [5.41, 5.74) is 4.55. The van der Waals surface area contributed by atoms with Crippen LogP contribution >= 0.6 is 27.5 Å². The third-order valence-corrected chi connectivity index (χ3v) is 3.70. The maximum Gasteiger partial charge on any atom is 0.138 e. The summed E-state index contributed by atoms with van der Waals surface area (Å²) in [5, 5.41) is 0.627. The molecule has 112 valence electrons. The minimum atomic E-state index is -0.256. The lowest BCUT2D eigenvalue weighted by atomic mass is 10.0. The van der Waals surface area contributed by atoms with Crippen LogP contribution in [-0.2, 0) is 0 Å². The molecule has 1 aromatic heterocycles. The molecular weight excluding hydrogens is 354 g/mol. The molecule has 3 N–H and O–H groups in total. The number of hydrogen-bond donors (Lipinski definition) is 2. The van der Waals surface area contributed by atoms with E-state index >= 15 is 0 Å². The zero-order chi connectivity index (χ0) is 15.4. The summed E-state index contributed by atoms with van der Waals surface area (Å²) in [5.74, 6) is 6.41. The SMILES string of the molecule is CC(C)Oc1cncc(C(NN)c2ccc(Br)cc2Cl)c1. The van der Waals surface area contributed by atoms with Crippen molar-refractivity contribution in [2.24, 2.45) is 5.84 Å². The van der Waals surface area contributed by atoms with Gasteiger partial charge in [-0.15, -0.1) is 0 Å². The summed E-state index contributed by atoms with van der Waals surface area (Å²) in [7, 11) is 0. The van der Waals surface area contributed by atoms with Crippen molar-refractivity contribution in [3.8, 4) is 5.75 Å². The van der Waals surface area contributed by atoms with Gasteiger partial charge in [0.15, 0.2) is 0 Å². The number of hydrazine groups is 1. The second-order valence-electron chi connectivity index (χ2n) is 4.89. The predicted octanol–water partition coefficient (Wildman–Crippen LogP) is 3.84. The average molecular weight is 371 g/mol. The van der Waals surface area contributed by atoms with Crippen LogP contribution in [0.3, 0.4) is 0 Å². The van der Waals surface area contributed by atoms with Crippen molar-refractivity contribution in [2.75, 3.05) is 0 Å². The van der Waals surface area contributed by atoms with E-state index in [1.165, 1.54) is 0 Å². The molecule has 4 nitrogen and oxygen atoms in total. The van der Waals surface area contributed by atoms with Crippen LogP contribution in [0, 0.1) is 0 Å². The lowest BCUT2D eigenvalue weighted by molar-refractivity contribution is 0.241. The zero-order valence-corrected chi connectivity index (χ0v) is 14.1. The minimum Gasteiger partial charge on any atom is -0.489 e. The summed E-state index contributed by atoms with van der Waals surface area (Å²) in [6.45, 7) is 3.94. The van der Waals surface area contributed by atoms with Crippen molar-refractivity contribution >= 4 is 27.5 Å². The van der Waals surface area contributed by atoms with E-state index in [9.17, 15) is 0 Å². The second kappa shape index (κ2) is 7.22. The molecule has 0 bridgehead atoms. The van der Waals surface area contributed by atoms with Gasteiger partial charge in [0.25, 0.3) is 0 Å². The van der Waals surface area contributed by atoms with Gasteiger partial charge >= 0.3 is 0 Å². The van der Waals surface area contributed by atoms with Crippen molar-refractivity contribution in [1.29, 1.82) is 0 Å². The van der Waals surface area contributed by atoms with Crippen molar-refractivity contribution in [3.63, 3.8) is 0 Å². The van der Waals surface area contributed by atoms with Crippen LogP contribution in [0.2, 0.25) is 5.02 Å². The van der Waals surface area contributed by atoms with Gasteiger partial charge in [0.2, 0.25) is 0 Å². The maximum atomic E-state index is 6.30. The highest BCUT2D eigenvalue weighted by Crippen LogP contribution is 2.31. The third-order valence-electron chi connectivity index (χ3n) is 2.88. The van der Waals surface area contributed by atoms with Gasteiger partial charge in [0.1, 0.15) is 5.75 Å². The summed E-state index contributed by atoms with van der Waals surface area (Å²) >= 11 is 9.69. The van der Waals surface area contributed by atoms with Gasteiger partial charge in [0.05, 0.1) is 18.3 Å². The van der Waals surface area contributed by atoms with E-state index in [0.29, 0.717) is 10.8 Å². The fourth-order valence-corrected chi connectivity index (χ4v) is 2.81. The highest BCUT2D eigenvalue weighted by Gasteiger charge is 2.17. The Balaban J connectivity index is 2.37. The van der Waals surface area contributed by atoms with Crippen LogP contribution in [-0.4, -0.2) is 11.1 Å². The Hall–Kier alpha value is -1.14. The Kier molecular flexibility index (Phi) is 5.58. The van der Waals surface area contributed by atoms with E-state index in [2.05, 4.69) is 26.3 Å². The topological polar surface area (TPSA) is 60.2 Å². The first-order valence-corrected chi connectivity index (χ1v) is 7.71. The third kappa shape index (κ3) is 4.17. The molecule has 6 heteroatoms. The first-order valence-electron chi connectivity index (χ1n) is 6.54. The number of aromatic nitrogens is 1. The van der Waals surface area contributed by atoms with Gasteiger partial charge in [0, 0.05) is 15.7 Å². The number of hydrogen-bond acceptors (Lipinski definition) is 4. The van der Waals surface area contributed by atoms with E-state index in [1.807, 2.05) is 38.1 Å². The summed E-state index contributed by atoms with van der Waals surface area (Å²) in [4.78, 5) is 4.21. The van der Waals surface area contributed by atoms with Crippen molar-refractivity contribution in [2.45, 2.75) is 26.0 Å². The second-order valence-corrected chi connectivity index (χ2v) is 6.21. The smallest absolute Gasteiger partial charge is 0.138 e. The van der Waals surface area contributed by atoms with E-state index in [-0.39, 0.29) is 12.1 Å². The van der Waals surface area contributed by atoms with Crippen LogP contribution in [0.15, 0.2) is 41.1 Å². The molecule has 2 rings (SSSR count). The Morgan fingerprint density at radius 2 is 2.05 bits per heavy atom. The molecule has 0 amide bonds. The van der Waals surface area contributed by atoms with E-state index in [0.717, 1.165) is 15.6 Å². The first kappa shape index (κ1) is 16.2. The van der Waals surface area contributed by atoms with Crippen LogP contribution in [0.4, 0.5) is 0 Å². The maximum absolute atomic E-state index is 6.30. The Morgan fingerprint density at radius 3 is 2.67 bits per heavy atom. The molecule has 0 aliphatic rings. The van der Waals surface area contributed by atoms with Crippen LogP contribution in [0.1, 0.15) is 31.0 Å². The minimum absolute atomic E-state index is 0.0857. The van der Waals surface area contributed by atoms with E-state index in [4.69, 9.17) is 22.2 Å². The monoisotopic (exact) mass is 369 g/mol. The standard InChI is InChI=1S/C15H17BrClN3O/c1-9(2)21-12-5-10(7-19-8-12)15(20-18)13-4-3-11(16)6-14(13)17/h3-9,15,20H,18H2,1-2H3. The number of pyridine rings is 1. The fraction of sp³-hybridized carbons (Fsp3) is 0.267. The predicted molar refractivity (Wildman–Crippen MR) is 88.3 cm³/mol. The van der Waals surface area contributed by atoms with Gasteiger partial charge in [-0.2, -0.15) is 0 Å². The highest BCUT2D eigenvalue weighted by molar-refractivity contribution is 9.10. The number of nitrogens with one attached hydrogen (secondary N) is 1. The molecule has 0 aliphatic heterocycles. The number of rotatable bonds is 5. The Bertz CT molecular complexity index is 622. The number of ether oxygens (including phenoxy) is 1. The van der Waals surface area contributed by atoms with Crippen LogP contribution in [0.5, 0.6) is 5.75 Å². The molecule has 1 unspecified atom stereocenters. The van der Waals surface area contributed by atoms with E-state index < -0.39 is 0 Å². The molecular formula is C15H17BrClN3O. The largest absolute Gasteiger partial charge is 0.489 e. The molecule has 0 saturated carbocycles. The Labute approximate surface area is 137 Å². The molecule has 2 aromatic rings. The molecule has 0 fully saturated rings. The molecule has 21 heavy (non-hydrogen) atoms. The molecule has 0 spiro atoms. The van der Waals surface area contributed by atoms with Crippen LogP contribution in [0.25, 0.3) is 0 Å². The quantitative estimate of drug-likeness (QED) is 0.620. The lowest BCUT2D eigenvalue weighted by Crippen LogP contribution is -2.29. The van der Waals surface area contributed by atoms with Crippen molar-refractivity contribution in [1.82, 2.24) is 10.4 Å². The highest BCUT2D eigenvalue weighted by atomic mass is 79.9. The number of nitrogens with two attached hydrogens (primary N) is 1. The van der Waals surface area contributed by atoms with Gasteiger partial charge in [-0.1, -0.05) is 33.6 Å². The lowest BCUT2D eigenvalue weighted by Gasteiger charge is -2.19. The Morgan fingerprint density at radius 1 is 1.29 bits per heavy atom. The number of nitrogens with zero attached hydrogens (tertiary/aromatic N) is 1. The molecule has 1 atom stereocenters. The molecule has 1 aromatic carbocycles. The average Bonchev–Trinajstić information content (AvgIpc) is 2.41. The molecule has 0 radical (unpaired) electrons. The summed E-state index contributed by atoms with van der Waals surface area (Å²) in [6.07, 6.45) is 3.51. The molecule has 0 aliphatic carbocycles. The zero-order valence-electron chi connectivity index (χ0n) is 11.8. The van der Waals surface area contributed by atoms with Crippen molar-refractivity contribution in [3.05, 3.63) is 57.3 Å². The van der Waals surface area contributed by atoms with Gasteiger partial charge in [-0.25, -0.2) is 5.43 Å². The number of halogens is 2. The number of benzene rings is 1. The van der Waals surface area contributed by atoms with Crippen molar-refractivity contribution < 1.29 is 4.74 Å². The van der Waals surface area contributed by atoms with Crippen LogP contribution < -0.4 is 16.0 Å². The van der Waals surface area contributed by atoms with Gasteiger partial charge < -0.3 is 4.74 Å². The van der Waals surface area contributed by atoms with Gasteiger partial charge in [-0.05, 0) is 43.2 Å².